The van der Waals surface area contributed by atoms with Crippen LogP contribution in [0.5, 0.6) is 5.75 Å². The number of amides is 2. The number of rotatable bonds is 8. The van der Waals surface area contributed by atoms with E-state index in [-0.39, 0.29) is 23.8 Å². The van der Waals surface area contributed by atoms with Crippen molar-refractivity contribution in [3.05, 3.63) is 74.7 Å². The number of carbonyl (C=O) groups is 3. The topological polar surface area (TPSA) is 116 Å². The van der Waals surface area contributed by atoms with Crippen molar-refractivity contribution in [2.75, 3.05) is 6.61 Å². The molecular formula is C22H20N2O7S. The minimum atomic E-state index is -1.00. The Hall–Kier alpha value is -3.66. The maximum atomic E-state index is 12.6. The fourth-order valence-corrected chi connectivity index (χ4v) is 3.83. The Balaban J connectivity index is 1.65. The zero-order valence-electron chi connectivity index (χ0n) is 17.3. The largest absolute Gasteiger partial charge is 0.489 e. The van der Waals surface area contributed by atoms with Gasteiger partial charge < -0.3 is 9.47 Å². The Kier molecular flexibility index (Phi) is 7.26. The van der Waals surface area contributed by atoms with E-state index in [9.17, 15) is 24.5 Å². The molecular weight excluding hydrogens is 436 g/mol. The number of non-ortho nitro benzene ring substituents is 1. The third-order valence-corrected chi connectivity index (χ3v) is 5.43. The summed E-state index contributed by atoms with van der Waals surface area (Å²) >= 11 is 0.760. The molecule has 0 bridgehead atoms. The van der Waals surface area contributed by atoms with Crippen LogP contribution in [0.3, 0.4) is 0 Å². The molecule has 1 aliphatic rings. The van der Waals surface area contributed by atoms with Crippen LogP contribution >= 0.6 is 11.8 Å². The second-order valence-electron chi connectivity index (χ2n) is 6.76. The van der Waals surface area contributed by atoms with Crippen molar-refractivity contribution in [3.8, 4) is 5.75 Å². The van der Waals surface area contributed by atoms with E-state index in [2.05, 4.69) is 0 Å². The van der Waals surface area contributed by atoms with Gasteiger partial charge in [-0.3, -0.25) is 24.6 Å². The number of carbonyl (C=O) groups excluding carboxylic acids is 3. The zero-order valence-corrected chi connectivity index (χ0v) is 18.2. The second kappa shape index (κ2) is 10.1. The normalized spacial score (nSPS) is 15.7. The van der Waals surface area contributed by atoms with Crippen molar-refractivity contribution in [2.24, 2.45) is 0 Å². The average molecular weight is 456 g/mol. The molecule has 1 saturated heterocycles. The van der Waals surface area contributed by atoms with E-state index in [1.165, 1.54) is 19.1 Å². The molecule has 0 aromatic heterocycles. The standard InChI is InChI=1S/C22H20N2O7S/c1-3-30-21(26)14(2)23-20(25)19(32-22(23)27)12-15-7-9-18(10-8-15)31-13-16-5-4-6-17(11-16)24(28)29/h4-12,14H,3,13H2,1-2H3/b19-12+/t14-/m1/s1. The lowest BCUT2D eigenvalue weighted by molar-refractivity contribution is -0.384. The van der Waals surface area contributed by atoms with Crippen LogP contribution in [0.25, 0.3) is 6.08 Å². The van der Waals surface area contributed by atoms with E-state index in [1.807, 2.05) is 0 Å². The Morgan fingerprint density at radius 1 is 1.22 bits per heavy atom. The molecule has 0 spiro atoms. The summed E-state index contributed by atoms with van der Waals surface area (Å²) in [5, 5.41) is 10.3. The molecule has 3 rings (SSSR count). The smallest absolute Gasteiger partial charge is 0.329 e. The Labute approximate surface area is 188 Å². The highest BCUT2D eigenvalue weighted by molar-refractivity contribution is 8.18. The van der Waals surface area contributed by atoms with E-state index in [0.717, 1.165) is 16.7 Å². The fourth-order valence-electron chi connectivity index (χ4n) is 2.92. The van der Waals surface area contributed by atoms with Crippen molar-refractivity contribution >= 4 is 40.6 Å². The number of ether oxygens (including phenoxy) is 2. The number of hydrogen-bond donors (Lipinski definition) is 0. The molecule has 2 amide bonds. The van der Waals surface area contributed by atoms with Crippen LogP contribution in [0.4, 0.5) is 10.5 Å². The van der Waals surface area contributed by atoms with Crippen molar-refractivity contribution < 1.29 is 28.8 Å². The second-order valence-corrected chi connectivity index (χ2v) is 7.76. The van der Waals surface area contributed by atoms with Crippen LogP contribution in [0.1, 0.15) is 25.0 Å². The number of imide groups is 1. The number of thioether (sulfide) groups is 1. The maximum Gasteiger partial charge on any atom is 0.329 e. The van der Waals surface area contributed by atoms with E-state index >= 15 is 0 Å². The van der Waals surface area contributed by atoms with Gasteiger partial charge in [0.1, 0.15) is 18.4 Å². The first-order chi connectivity index (χ1) is 15.3. The van der Waals surface area contributed by atoms with Crippen molar-refractivity contribution in [3.63, 3.8) is 0 Å². The van der Waals surface area contributed by atoms with Crippen LogP contribution in [0.15, 0.2) is 53.4 Å². The fraction of sp³-hybridized carbons (Fsp3) is 0.227. The molecule has 1 fully saturated rings. The molecule has 0 radical (unpaired) electrons. The van der Waals surface area contributed by atoms with Crippen LogP contribution in [0.2, 0.25) is 0 Å². The maximum absolute atomic E-state index is 12.6. The quantitative estimate of drug-likeness (QED) is 0.252. The van der Waals surface area contributed by atoms with E-state index in [1.54, 1.807) is 49.4 Å². The third-order valence-electron chi connectivity index (χ3n) is 4.54. The molecule has 32 heavy (non-hydrogen) atoms. The zero-order chi connectivity index (χ0) is 23.3. The lowest BCUT2D eigenvalue weighted by Gasteiger charge is -2.19. The predicted molar refractivity (Wildman–Crippen MR) is 118 cm³/mol. The molecule has 2 aromatic carbocycles. The molecule has 166 valence electrons. The van der Waals surface area contributed by atoms with Gasteiger partial charge in [0.2, 0.25) is 0 Å². The van der Waals surface area contributed by atoms with Gasteiger partial charge in [-0.15, -0.1) is 0 Å². The molecule has 1 atom stereocenters. The summed E-state index contributed by atoms with van der Waals surface area (Å²) in [4.78, 5) is 48.2. The van der Waals surface area contributed by atoms with Crippen molar-refractivity contribution in [1.29, 1.82) is 0 Å². The lowest BCUT2D eigenvalue weighted by atomic mass is 10.2. The molecule has 1 heterocycles. The summed E-state index contributed by atoms with van der Waals surface area (Å²) in [5.41, 5.74) is 1.32. The molecule has 1 aliphatic heterocycles. The third kappa shape index (κ3) is 5.33. The van der Waals surface area contributed by atoms with Gasteiger partial charge in [-0.25, -0.2) is 4.79 Å². The van der Waals surface area contributed by atoms with Crippen LogP contribution in [-0.2, 0) is 20.9 Å². The Bertz CT molecular complexity index is 1080. The van der Waals surface area contributed by atoms with Gasteiger partial charge in [0.05, 0.1) is 16.4 Å². The van der Waals surface area contributed by atoms with Crippen LogP contribution in [0, 0.1) is 10.1 Å². The molecule has 9 nitrogen and oxygen atoms in total. The molecule has 2 aromatic rings. The van der Waals surface area contributed by atoms with Gasteiger partial charge in [-0.1, -0.05) is 24.3 Å². The first kappa shape index (κ1) is 23.0. The number of nitro groups is 1. The summed E-state index contributed by atoms with van der Waals surface area (Å²) in [7, 11) is 0. The summed E-state index contributed by atoms with van der Waals surface area (Å²) in [6, 6.07) is 12.0. The molecule has 0 N–H and O–H groups in total. The predicted octanol–water partition coefficient (Wildman–Crippen LogP) is 4.16. The first-order valence-corrected chi connectivity index (χ1v) is 10.5. The molecule has 0 unspecified atom stereocenters. The number of hydrogen-bond acceptors (Lipinski definition) is 8. The first-order valence-electron chi connectivity index (χ1n) is 9.70. The van der Waals surface area contributed by atoms with E-state index in [4.69, 9.17) is 9.47 Å². The Morgan fingerprint density at radius 3 is 2.59 bits per heavy atom. The Morgan fingerprint density at radius 2 is 1.94 bits per heavy atom. The molecule has 0 aliphatic carbocycles. The summed E-state index contributed by atoms with van der Waals surface area (Å²) in [5.74, 6) is -0.648. The molecule has 10 heteroatoms. The van der Waals surface area contributed by atoms with Gasteiger partial charge in [-0.2, -0.15) is 0 Å². The summed E-state index contributed by atoms with van der Waals surface area (Å²) in [6.07, 6.45) is 1.56. The average Bonchev–Trinajstić information content (AvgIpc) is 3.05. The number of nitro benzene ring substituents is 1. The van der Waals surface area contributed by atoms with E-state index < -0.39 is 28.1 Å². The number of benzene rings is 2. The van der Waals surface area contributed by atoms with Crippen molar-refractivity contribution in [2.45, 2.75) is 26.5 Å². The highest BCUT2D eigenvalue weighted by Crippen LogP contribution is 2.34. The van der Waals surface area contributed by atoms with Crippen LogP contribution in [-0.4, -0.2) is 39.6 Å². The van der Waals surface area contributed by atoms with Crippen molar-refractivity contribution in [1.82, 2.24) is 4.90 Å². The van der Waals surface area contributed by atoms with Crippen LogP contribution < -0.4 is 4.74 Å². The molecule has 0 saturated carbocycles. The van der Waals surface area contributed by atoms with Gasteiger partial charge >= 0.3 is 5.97 Å². The minimum absolute atomic E-state index is 0.00679. The summed E-state index contributed by atoms with van der Waals surface area (Å²) < 4.78 is 10.6. The monoisotopic (exact) mass is 456 g/mol. The summed E-state index contributed by atoms with van der Waals surface area (Å²) in [6.45, 7) is 3.41. The highest BCUT2D eigenvalue weighted by atomic mass is 32.2. The van der Waals surface area contributed by atoms with Gasteiger partial charge in [0.25, 0.3) is 16.8 Å². The van der Waals surface area contributed by atoms with Gasteiger partial charge in [0, 0.05) is 12.1 Å². The highest BCUT2D eigenvalue weighted by Gasteiger charge is 2.41. The number of nitrogens with zero attached hydrogens (tertiary/aromatic N) is 2. The number of esters is 1. The van der Waals surface area contributed by atoms with E-state index in [0.29, 0.717) is 16.9 Å². The minimum Gasteiger partial charge on any atom is -0.489 e. The SMILES string of the molecule is CCOC(=O)[C@@H](C)N1C(=O)S/C(=C/c2ccc(OCc3cccc([N+](=O)[O-])c3)cc2)C1=O. The lowest BCUT2D eigenvalue weighted by Crippen LogP contribution is -2.42. The van der Waals surface area contributed by atoms with Gasteiger partial charge in [0.15, 0.2) is 0 Å². The van der Waals surface area contributed by atoms with Gasteiger partial charge in [-0.05, 0) is 54.9 Å².